The molecule has 12 nitrogen and oxygen atoms in total. The smallest absolute Gasteiger partial charge is 0.270 e. The first-order chi connectivity index (χ1) is 26.9. The van der Waals surface area contributed by atoms with Gasteiger partial charge in [-0.1, -0.05) is 43.3 Å². The lowest BCUT2D eigenvalue weighted by molar-refractivity contribution is 0.0904. The van der Waals surface area contributed by atoms with Crippen molar-refractivity contribution in [2.24, 2.45) is 0 Å². The van der Waals surface area contributed by atoms with Crippen molar-refractivity contribution in [3.8, 4) is 11.1 Å². The summed E-state index contributed by atoms with van der Waals surface area (Å²) in [5, 5.41) is 19.0. The highest BCUT2D eigenvalue weighted by molar-refractivity contribution is 5.97. The Bertz CT molecular complexity index is 2190. The normalized spacial score (nSPS) is 18.5. The van der Waals surface area contributed by atoms with Crippen LogP contribution < -0.4 is 21.3 Å². The Morgan fingerprint density at radius 3 is 2.44 bits per heavy atom. The van der Waals surface area contributed by atoms with Crippen molar-refractivity contribution < 1.29 is 14.3 Å². The number of nitrogens with one attached hydrogen (secondary N) is 4. The molecule has 2 bridgehead atoms. The average Bonchev–Trinajstić information content (AvgIpc) is 3.97. The second-order valence-corrected chi connectivity index (χ2v) is 15.0. The first-order valence-corrected chi connectivity index (χ1v) is 19.8. The van der Waals surface area contributed by atoms with Crippen LogP contribution in [0.25, 0.3) is 22.2 Å². The average molecular weight is 742 g/mol. The molecule has 2 atom stereocenters. The largest absolute Gasteiger partial charge is 0.381 e. The molecule has 3 aliphatic heterocycles. The molecule has 3 fully saturated rings. The van der Waals surface area contributed by atoms with E-state index < -0.39 is 0 Å². The summed E-state index contributed by atoms with van der Waals surface area (Å²) < 4.78 is 7.50. The number of benzene rings is 2. The van der Waals surface area contributed by atoms with E-state index >= 15 is 0 Å². The van der Waals surface area contributed by atoms with E-state index in [4.69, 9.17) is 9.72 Å². The maximum Gasteiger partial charge on any atom is 0.270 e. The Balaban J connectivity index is 0.932. The molecule has 12 heteroatoms. The fourth-order valence-electron chi connectivity index (χ4n) is 8.32. The third-order valence-electron chi connectivity index (χ3n) is 11.4. The minimum atomic E-state index is -0.364. The number of aromatic nitrogens is 4. The molecule has 3 saturated heterocycles. The molecule has 4 N–H and O–H groups in total. The van der Waals surface area contributed by atoms with Crippen LogP contribution in [0.2, 0.25) is 0 Å². The first kappa shape index (κ1) is 36.8. The van der Waals surface area contributed by atoms with Crippen LogP contribution in [0.3, 0.4) is 0 Å². The maximum absolute atomic E-state index is 13.6. The number of fused-ring (bicyclic) bond motifs is 3. The minimum Gasteiger partial charge on any atom is -0.381 e. The summed E-state index contributed by atoms with van der Waals surface area (Å²) in [5.41, 5.74) is 9.79. The molecule has 5 aromatic rings. The van der Waals surface area contributed by atoms with Gasteiger partial charge in [0.25, 0.3) is 11.8 Å². The third kappa shape index (κ3) is 7.98. The third-order valence-corrected chi connectivity index (χ3v) is 11.4. The van der Waals surface area contributed by atoms with E-state index in [1.807, 2.05) is 16.9 Å². The van der Waals surface area contributed by atoms with E-state index in [1.54, 1.807) is 18.2 Å². The number of nitrogens with zero attached hydrogens (tertiary/aromatic N) is 5. The van der Waals surface area contributed by atoms with Gasteiger partial charge in [-0.3, -0.25) is 14.5 Å². The van der Waals surface area contributed by atoms with Crippen molar-refractivity contribution in [2.75, 3.05) is 31.6 Å². The predicted molar refractivity (Wildman–Crippen MR) is 214 cm³/mol. The van der Waals surface area contributed by atoms with Gasteiger partial charge in [-0.15, -0.1) is 0 Å². The standard InChI is InChI=1S/C43H51N9O3/c1-4-37-35(40(48-31-14-16-55-17-15-31)36-24-47-52(5-2)41(36)50-37)23-46-43(54)39-11-7-10-38(49-39)42(53)45-21-28-13-12-27(3)34(19-28)30-9-6-8-29(18-30)25-51-26-32-20-33(51)22-44-32/h6-13,18-19,24,31-33,44H,4-5,14-17,20-23,25-26H2,1-3H3,(H,45,53)(H,46,54)(H,48,50)/t32-,33?/m1/s1. The molecule has 286 valence electrons. The van der Waals surface area contributed by atoms with Crippen molar-refractivity contribution in [3.63, 3.8) is 0 Å². The first-order valence-electron chi connectivity index (χ1n) is 19.8. The van der Waals surface area contributed by atoms with Gasteiger partial charge in [0.1, 0.15) is 11.4 Å². The molecule has 8 rings (SSSR count). The van der Waals surface area contributed by atoms with Crippen molar-refractivity contribution >= 4 is 28.5 Å². The number of anilines is 1. The summed E-state index contributed by atoms with van der Waals surface area (Å²) in [6.07, 6.45) is 5.59. The quantitative estimate of drug-likeness (QED) is 0.125. The summed E-state index contributed by atoms with van der Waals surface area (Å²) in [6.45, 7) is 12.1. The molecule has 55 heavy (non-hydrogen) atoms. The monoisotopic (exact) mass is 741 g/mol. The zero-order valence-electron chi connectivity index (χ0n) is 32.0. The summed E-state index contributed by atoms with van der Waals surface area (Å²) in [5.74, 6) is -0.704. The number of piperazine rings is 1. The number of likely N-dealkylation sites (tertiary alicyclic amines) is 1. The fourth-order valence-corrected chi connectivity index (χ4v) is 8.32. The molecule has 2 aromatic carbocycles. The number of hydrogen-bond acceptors (Lipinski definition) is 9. The summed E-state index contributed by atoms with van der Waals surface area (Å²) in [7, 11) is 0. The molecule has 0 saturated carbocycles. The van der Waals surface area contributed by atoms with E-state index in [2.05, 4.69) is 93.4 Å². The van der Waals surface area contributed by atoms with Crippen molar-refractivity contribution in [1.82, 2.24) is 40.6 Å². The molecule has 6 heterocycles. The fraction of sp³-hybridized carbons (Fsp3) is 0.419. The van der Waals surface area contributed by atoms with Crippen LogP contribution >= 0.6 is 0 Å². The Hall–Kier alpha value is -5.17. The van der Waals surface area contributed by atoms with Crippen LogP contribution in [0.5, 0.6) is 0 Å². The van der Waals surface area contributed by atoms with E-state index in [0.717, 1.165) is 71.6 Å². The van der Waals surface area contributed by atoms with Crippen molar-refractivity contribution in [1.29, 1.82) is 0 Å². The highest BCUT2D eigenvalue weighted by Gasteiger charge is 2.37. The van der Waals surface area contributed by atoms with Crippen LogP contribution in [0.15, 0.2) is 66.9 Å². The minimum absolute atomic E-state index is 0.174. The van der Waals surface area contributed by atoms with Crippen molar-refractivity contribution in [3.05, 3.63) is 106 Å². The van der Waals surface area contributed by atoms with Crippen LogP contribution in [-0.2, 0) is 37.3 Å². The highest BCUT2D eigenvalue weighted by atomic mass is 16.5. The van der Waals surface area contributed by atoms with Crippen molar-refractivity contribution in [2.45, 2.75) is 90.8 Å². The number of pyridine rings is 2. The summed E-state index contributed by atoms with van der Waals surface area (Å²) in [6, 6.07) is 21.6. The Morgan fingerprint density at radius 1 is 0.927 bits per heavy atom. The SMILES string of the molecule is CCc1nc2c(cnn2CC)c(NC2CCOCC2)c1CNC(=O)c1cccc(C(=O)NCc2ccc(C)c(-c3cccc(CN4C[C@H]5CC4CN5)c3)c2)n1. The highest BCUT2D eigenvalue weighted by Crippen LogP contribution is 2.32. The van der Waals surface area contributed by atoms with E-state index in [-0.39, 0.29) is 35.8 Å². The zero-order chi connectivity index (χ0) is 37.9. The molecule has 2 amide bonds. The lowest BCUT2D eigenvalue weighted by Gasteiger charge is -2.27. The lowest BCUT2D eigenvalue weighted by Crippen LogP contribution is -2.42. The summed E-state index contributed by atoms with van der Waals surface area (Å²) >= 11 is 0. The Labute approximate surface area is 322 Å². The van der Waals surface area contributed by atoms with Gasteiger partial charge in [0.05, 0.1) is 17.3 Å². The van der Waals surface area contributed by atoms with E-state index in [1.165, 1.54) is 23.1 Å². The second-order valence-electron chi connectivity index (χ2n) is 15.0. The van der Waals surface area contributed by atoms with Gasteiger partial charge in [0, 0.05) is 81.9 Å². The Morgan fingerprint density at radius 2 is 1.71 bits per heavy atom. The predicted octanol–water partition coefficient (Wildman–Crippen LogP) is 5.38. The lowest BCUT2D eigenvalue weighted by atomic mass is 9.96. The maximum atomic E-state index is 13.6. The van der Waals surface area contributed by atoms with Crippen LogP contribution in [0.4, 0.5) is 5.69 Å². The van der Waals surface area contributed by atoms with E-state index in [9.17, 15) is 9.59 Å². The number of ether oxygens (including phenoxy) is 1. The van der Waals surface area contributed by atoms with Gasteiger partial charge in [0.15, 0.2) is 5.65 Å². The van der Waals surface area contributed by atoms with Crippen LogP contribution in [-0.4, -0.2) is 80.9 Å². The number of amides is 2. The second kappa shape index (κ2) is 16.3. The molecule has 0 radical (unpaired) electrons. The van der Waals surface area contributed by atoms with Gasteiger partial charge in [0.2, 0.25) is 0 Å². The number of carbonyl (C=O) groups is 2. The molecule has 3 aromatic heterocycles. The number of aryl methyl sites for hydroxylation is 3. The van der Waals surface area contributed by atoms with Crippen LogP contribution in [0.1, 0.15) is 82.0 Å². The molecule has 3 aliphatic rings. The Kier molecular flexibility index (Phi) is 10.9. The number of hydrogen-bond donors (Lipinski definition) is 4. The number of carbonyl (C=O) groups excluding carboxylic acids is 2. The van der Waals surface area contributed by atoms with Crippen LogP contribution in [0, 0.1) is 6.92 Å². The molecule has 0 aliphatic carbocycles. The van der Waals surface area contributed by atoms with Gasteiger partial charge in [-0.2, -0.15) is 5.10 Å². The number of rotatable bonds is 13. The molecule has 1 unspecified atom stereocenters. The topological polar surface area (TPSA) is 138 Å². The van der Waals surface area contributed by atoms with Gasteiger partial charge < -0.3 is 26.0 Å². The van der Waals surface area contributed by atoms with Gasteiger partial charge in [-0.05, 0) is 91.6 Å². The zero-order valence-corrected chi connectivity index (χ0v) is 32.0. The van der Waals surface area contributed by atoms with E-state index in [0.29, 0.717) is 44.8 Å². The molecule has 0 spiro atoms. The summed E-state index contributed by atoms with van der Waals surface area (Å²) in [4.78, 5) is 39.0. The van der Waals surface area contributed by atoms with Gasteiger partial charge in [-0.25, -0.2) is 14.6 Å². The molecular formula is C43H51N9O3. The molecular weight excluding hydrogens is 691 g/mol. The van der Waals surface area contributed by atoms with Gasteiger partial charge >= 0.3 is 0 Å².